The molecule has 0 spiro atoms. The monoisotopic (exact) mass is 405 g/mol. The van der Waals surface area contributed by atoms with Crippen LogP contribution in [-0.2, 0) is 4.79 Å². The van der Waals surface area contributed by atoms with Gasteiger partial charge in [0.05, 0.1) is 6.04 Å². The van der Waals surface area contributed by atoms with Crippen molar-refractivity contribution < 1.29 is 4.79 Å². The predicted molar refractivity (Wildman–Crippen MR) is 115 cm³/mol. The summed E-state index contributed by atoms with van der Waals surface area (Å²) >= 11 is 3.67. The molecule has 0 heterocycles. The van der Waals surface area contributed by atoms with Crippen LogP contribution in [0.5, 0.6) is 0 Å². The standard InChI is InChI=1S/C17H35NOS2.2ClH/c1-3-4-5-6-7-8-9-10-13-21-15-12-17(19)16(18)11-14-20-2;;/h16H,3-15,18H2,1-2H3;2*1H. The fourth-order valence-electron chi connectivity index (χ4n) is 2.20. The van der Waals surface area contributed by atoms with Gasteiger partial charge < -0.3 is 5.73 Å². The van der Waals surface area contributed by atoms with E-state index in [0.29, 0.717) is 6.42 Å². The van der Waals surface area contributed by atoms with Crippen LogP contribution in [0, 0.1) is 0 Å². The van der Waals surface area contributed by atoms with Gasteiger partial charge >= 0.3 is 0 Å². The minimum Gasteiger partial charge on any atom is -0.321 e. The average Bonchev–Trinajstić information content (AvgIpc) is 2.49. The lowest BCUT2D eigenvalue weighted by Gasteiger charge is -2.09. The molecule has 0 saturated carbocycles. The first-order valence-electron chi connectivity index (χ1n) is 8.57. The maximum Gasteiger partial charge on any atom is 0.150 e. The fourth-order valence-corrected chi connectivity index (χ4v) is 3.65. The Labute approximate surface area is 165 Å². The summed E-state index contributed by atoms with van der Waals surface area (Å²) in [4.78, 5) is 11.8. The van der Waals surface area contributed by atoms with E-state index in [4.69, 9.17) is 5.73 Å². The van der Waals surface area contributed by atoms with E-state index < -0.39 is 0 Å². The fraction of sp³-hybridized carbons (Fsp3) is 0.941. The van der Waals surface area contributed by atoms with Crippen molar-refractivity contribution in [1.29, 1.82) is 0 Å². The van der Waals surface area contributed by atoms with Gasteiger partial charge in [0, 0.05) is 12.2 Å². The summed E-state index contributed by atoms with van der Waals surface area (Å²) in [6.07, 6.45) is 14.5. The molecule has 0 bridgehead atoms. The van der Waals surface area contributed by atoms with Gasteiger partial charge in [-0.1, -0.05) is 51.9 Å². The molecular weight excluding hydrogens is 369 g/mol. The predicted octanol–water partition coefficient (Wildman–Crippen LogP) is 5.74. The van der Waals surface area contributed by atoms with Crippen LogP contribution in [-0.4, -0.2) is 35.3 Å². The highest BCUT2D eigenvalue weighted by Crippen LogP contribution is 2.12. The Kier molecular flexibility index (Phi) is 28.6. The van der Waals surface area contributed by atoms with Crippen LogP contribution in [0.2, 0.25) is 0 Å². The number of Topliss-reactive ketones (excluding diaryl/α,β-unsaturated/α-hetero) is 1. The molecule has 0 radical (unpaired) electrons. The maximum atomic E-state index is 11.8. The molecule has 0 amide bonds. The first-order chi connectivity index (χ1) is 10.2. The lowest BCUT2D eigenvalue weighted by atomic mass is 10.1. The molecule has 1 unspecified atom stereocenters. The number of halogens is 2. The second kappa shape index (κ2) is 22.9. The van der Waals surface area contributed by atoms with Crippen LogP contribution in [0.25, 0.3) is 0 Å². The third kappa shape index (κ3) is 20.9. The highest BCUT2D eigenvalue weighted by Gasteiger charge is 2.12. The summed E-state index contributed by atoms with van der Waals surface area (Å²) in [5.74, 6) is 3.37. The van der Waals surface area contributed by atoms with Crippen LogP contribution < -0.4 is 5.73 Å². The molecule has 2 nitrogen and oxygen atoms in total. The lowest BCUT2D eigenvalue weighted by Crippen LogP contribution is -2.31. The van der Waals surface area contributed by atoms with E-state index in [0.717, 1.165) is 17.9 Å². The van der Waals surface area contributed by atoms with Gasteiger partial charge in [-0.25, -0.2) is 0 Å². The Balaban J connectivity index is -0.00000200. The minimum atomic E-state index is -0.235. The number of nitrogens with two attached hydrogens (primary N) is 1. The Bertz CT molecular complexity index is 247. The summed E-state index contributed by atoms with van der Waals surface area (Å²) in [6, 6.07) is -0.235. The van der Waals surface area contributed by atoms with Crippen molar-refractivity contribution in [2.75, 3.05) is 23.5 Å². The van der Waals surface area contributed by atoms with Gasteiger partial charge in [0.2, 0.25) is 0 Å². The van der Waals surface area contributed by atoms with Gasteiger partial charge in [-0.2, -0.15) is 23.5 Å². The second-order valence-corrected chi connectivity index (χ2v) is 7.90. The molecule has 0 aromatic rings. The Morgan fingerprint density at radius 2 is 1.48 bits per heavy atom. The molecule has 0 saturated heterocycles. The quantitative estimate of drug-likeness (QED) is 0.332. The summed E-state index contributed by atoms with van der Waals surface area (Å²) in [5, 5.41) is 0. The van der Waals surface area contributed by atoms with Crippen molar-refractivity contribution in [3.8, 4) is 0 Å². The minimum absolute atomic E-state index is 0. The van der Waals surface area contributed by atoms with E-state index in [9.17, 15) is 4.79 Å². The number of carbonyl (C=O) groups is 1. The van der Waals surface area contributed by atoms with Crippen LogP contribution in [0.1, 0.15) is 71.1 Å². The average molecular weight is 407 g/mol. The van der Waals surface area contributed by atoms with Gasteiger partial charge in [-0.3, -0.25) is 4.79 Å². The number of unbranched alkanes of at least 4 members (excludes halogenated alkanes) is 7. The van der Waals surface area contributed by atoms with Crippen molar-refractivity contribution in [2.45, 2.75) is 77.2 Å². The van der Waals surface area contributed by atoms with Gasteiger partial charge in [-0.15, -0.1) is 24.8 Å². The molecule has 0 aliphatic heterocycles. The van der Waals surface area contributed by atoms with Crippen LogP contribution in [0.3, 0.4) is 0 Å². The van der Waals surface area contributed by atoms with Gasteiger partial charge in [0.1, 0.15) is 5.78 Å². The molecule has 0 aliphatic rings. The zero-order valence-electron chi connectivity index (χ0n) is 14.9. The molecule has 6 heteroatoms. The van der Waals surface area contributed by atoms with Crippen molar-refractivity contribution in [3.05, 3.63) is 0 Å². The number of hydrogen-bond donors (Lipinski definition) is 1. The van der Waals surface area contributed by atoms with E-state index in [1.54, 1.807) is 11.8 Å². The van der Waals surface area contributed by atoms with Gasteiger partial charge in [-0.05, 0) is 30.6 Å². The summed E-state index contributed by atoms with van der Waals surface area (Å²) in [6.45, 7) is 2.26. The van der Waals surface area contributed by atoms with E-state index in [1.807, 2.05) is 11.8 Å². The van der Waals surface area contributed by atoms with E-state index >= 15 is 0 Å². The summed E-state index contributed by atoms with van der Waals surface area (Å²) < 4.78 is 0. The number of hydrogen-bond acceptors (Lipinski definition) is 4. The zero-order valence-corrected chi connectivity index (χ0v) is 18.2. The van der Waals surface area contributed by atoms with Crippen molar-refractivity contribution in [2.24, 2.45) is 5.73 Å². The molecular formula is C17H37Cl2NOS2. The third-order valence-electron chi connectivity index (χ3n) is 3.68. The smallest absolute Gasteiger partial charge is 0.150 e. The molecule has 2 N–H and O–H groups in total. The number of thioether (sulfide) groups is 2. The normalized spacial score (nSPS) is 11.4. The molecule has 0 aromatic carbocycles. The van der Waals surface area contributed by atoms with E-state index in [-0.39, 0.29) is 36.6 Å². The van der Waals surface area contributed by atoms with Crippen LogP contribution >= 0.6 is 48.3 Å². The van der Waals surface area contributed by atoms with E-state index in [2.05, 4.69) is 13.2 Å². The highest BCUT2D eigenvalue weighted by atomic mass is 35.5. The maximum absolute atomic E-state index is 11.8. The van der Waals surface area contributed by atoms with Gasteiger partial charge in [0.25, 0.3) is 0 Å². The first-order valence-corrected chi connectivity index (χ1v) is 11.1. The van der Waals surface area contributed by atoms with Crippen molar-refractivity contribution in [1.82, 2.24) is 0 Å². The van der Waals surface area contributed by atoms with Crippen LogP contribution in [0.4, 0.5) is 0 Å². The topological polar surface area (TPSA) is 43.1 Å². The number of rotatable bonds is 16. The highest BCUT2D eigenvalue weighted by molar-refractivity contribution is 7.99. The van der Waals surface area contributed by atoms with E-state index in [1.165, 1.54) is 57.1 Å². The molecule has 0 rings (SSSR count). The van der Waals surface area contributed by atoms with Gasteiger partial charge in [0.15, 0.2) is 0 Å². The van der Waals surface area contributed by atoms with Crippen molar-refractivity contribution in [3.63, 3.8) is 0 Å². The number of carbonyl (C=O) groups excluding carboxylic acids is 1. The third-order valence-corrected chi connectivity index (χ3v) is 5.40. The van der Waals surface area contributed by atoms with Crippen LogP contribution in [0.15, 0.2) is 0 Å². The Hall–Kier alpha value is 0.910. The number of ketones is 1. The first kappa shape index (κ1) is 28.7. The zero-order chi connectivity index (χ0) is 15.8. The Morgan fingerprint density at radius 3 is 2.04 bits per heavy atom. The lowest BCUT2D eigenvalue weighted by molar-refractivity contribution is -0.119. The molecule has 0 fully saturated rings. The molecule has 1 atom stereocenters. The molecule has 0 aromatic heterocycles. The SMILES string of the molecule is CCCCCCCCCCSCCC(=O)C(N)CCSC.Cl.Cl. The molecule has 0 aliphatic carbocycles. The Morgan fingerprint density at radius 1 is 0.913 bits per heavy atom. The molecule has 23 heavy (non-hydrogen) atoms. The largest absolute Gasteiger partial charge is 0.321 e. The summed E-state index contributed by atoms with van der Waals surface area (Å²) in [7, 11) is 0. The summed E-state index contributed by atoms with van der Waals surface area (Å²) in [5.41, 5.74) is 5.86. The second-order valence-electron chi connectivity index (χ2n) is 5.69. The van der Waals surface area contributed by atoms with Crippen molar-refractivity contribution >= 4 is 54.1 Å². The molecule has 142 valence electrons.